The molecular weight excluding hydrogens is 380 g/mol. The number of nitrogens with zero attached hydrogens (tertiary/aromatic N) is 1. The van der Waals surface area contributed by atoms with Crippen LogP contribution in [0.15, 0.2) is 60.7 Å². The highest BCUT2D eigenvalue weighted by atomic mass is 16.6. The van der Waals surface area contributed by atoms with Crippen LogP contribution in [0.1, 0.15) is 38.1 Å². The molecule has 0 radical (unpaired) electrons. The van der Waals surface area contributed by atoms with Crippen molar-refractivity contribution in [3.05, 3.63) is 66.2 Å². The van der Waals surface area contributed by atoms with E-state index in [1.54, 1.807) is 47.4 Å². The van der Waals surface area contributed by atoms with Gasteiger partial charge in [0.15, 0.2) is 0 Å². The van der Waals surface area contributed by atoms with E-state index in [-0.39, 0.29) is 12.1 Å². The monoisotopic (exact) mass is 406 g/mol. The van der Waals surface area contributed by atoms with Gasteiger partial charge in [-0.15, -0.1) is 0 Å². The van der Waals surface area contributed by atoms with Crippen LogP contribution in [0, 0.1) is 0 Å². The molecule has 2 N–H and O–H groups in total. The minimum Gasteiger partial charge on any atom is -0.423 e. The lowest BCUT2D eigenvalue weighted by Gasteiger charge is -2.29. The van der Waals surface area contributed by atoms with E-state index in [0.717, 1.165) is 10.8 Å². The van der Waals surface area contributed by atoms with Gasteiger partial charge in [-0.3, -0.25) is 0 Å². The first-order chi connectivity index (χ1) is 14.3. The van der Waals surface area contributed by atoms with Crippen LogP contribution in [0.3, 0.4) is 0 Å². The molecule has 0 unspecified atom stereocenters. The predicted molar refractivity (Wildman–Crippen MR) is 118 cm³/mol. The molecular formula is C24H26N2O4. The number of nitrogen functional groups attached to an aromatic ring is 1. The number of hydrogen-bond donors (Lipinski definition) is 1. The topological polar surface area (TPSA) is 81.9 Å². The highest BCUT2D eigenvalue weighted by Crippen LogP contribution is 2.26. The van der Waals surface area contributed by atoms with Gasteiger partial charge in [-0.1, -0.05) is 18.2 Å². The second-order valence-corrected chi connectivity index (χ2v) is 7.61. The summed E-state index contributed by atoms with van der Waals surface area (Å²) in [5, 5.41) is 1.79. The third-order valence-electron chi connectivity index (χ3n) is 4.72. The summed E-state index contributed by atoms with van der Waals surface area (Å²) < 4.78 is 10.9. The lowest BCUT2D eigenvalue weighted by molar-refractivity contribution is 0.0735. The molecule has 0 bridgehead atoms. The van der Waals surface area contributed by atoms with Crippen LogP contribution in [0.5, 0.6) is 11.5 Å². The molecule has 0 aromatic heterocycles. The summed E-state index contributed by atoms with van der Waals surface area (Å²) in [6.07, 6.45) is -0.427. The zero-order chi connectivity index (χ0) is 21.8. The molecule has 0 atom stereocenters. The van der Waals surface area contributed by atoms with Crippen molar-refractivity contribution in [2.75, 3.05) is 5.73 Å². The van der Waals surface area contributed by atoms with E-state index in [0.29, 0.717) is 22.7 Å². The fraction of sp³-hybridized carbons (Fsp3) is 0.250. The number of carbonyl (C=O) groups excluding carboxylic acids is 2. The van der Waals surface area contributed by atoms with Gasteiger partial charge in [-0.2, -0.15) is 0 Å². The van der Waals surface area contributed by atoms with Gasteiger partial charge in [0.2, 0.25) is 0 Å². The molecule has 0 aliphatic carbocycles. The quantitative estimate of drug-likeness (QED) is 0.355. The number of nitrogens with two attached hydrogens (primary N) is 1. The van der Waals surface area contributed by atoms with E-state index in [1.165, 1.54) is 0 Å². The van der Waals surface area contributed by atoms with E-state index < -0.39 is 12.1 Å². The van der Waals surface area contributed by atoms with Gasteiger partial charge < -0.3 is 20.1 Å². The number of carbonyl (C=O) groups is 2. The van der Waals surface area contributed by atoms with E-state index >= 15 is 0 Å². The Bertz CT molecular complexity index is 1050. The third kappa shape index (κ3) is 4.71. The van der Waals surface area contributed by atoms with Crippen LogP contribution in [0.25, 0.3) is 10.8 Å². The van der Waals surface area contributed by atoms with Gasteiger partial charge in [-0.05, 0) is 75.5 Å². The van der Waals surface area contributed by atoms with Gasteiger partial charge in [0, 0.05) is 23.2 Å². The summed E-state index contributed by atoms with van der Waals surface area (Å²) in [5.41, 5.74) is 6.96. The highest BCUT2D eigenvalue weighted by molar-refractivity contribution is 5.95. The minimum absolute atomic E-state index is 0.0164. The predicted octanol–water partition coefficient (Wildman–Crippen LogP) is 5.26. The Labute approximate surface area is 176 Å². The van der Waals surface area contributed by atoms with Crippen LogP contribution in [-0.4, -0.2) is 29.0 Å². The summed E-state index contributed by atoms with van der Waals surface area (Å²) in [5.74, 6) is 0.263. The van der Waals surface area contributed by atoms with Crippen molar-refractivity contribution in [2.24, 2.45) is 0 Å². The average Bonchev–Trinajstić information content (AvgIpc) is 2.68. The molecule has 0 saturated carbocycles. The van der Waals surface area contributed by atoms with Gasteiger partial charge >= 0.3 is 12.1 Å². The third-order valence-corrected chi connectivity index (χ3v) is 4.72. The first-order valence-corrected chi connectivity index (χ1v) is 9.87. The van der Waals surface area contributed by atoms with Crippen LogP contribution >= 0.6 is 0 Å². The highest BCUT2D eigenvalue weighted by Gasteiger charge is 2.22. The summed E-state index contributed by atoms with van der Waals surface area (Å²) in [4.78, 5) is 26.5. The molecule has 3 rings (SSSR count). The normalized spacial score (nSPS) is 11.0. The Morgan fingerprint density at radius 1 is 0.833 bits per heavy atom. The van der Waals surface area contributed by atoms with Gasteiger partial charge in [-0.25, -0.2) is 9.59 Å². The second kappa shape index (κ2) is 8.86. The molecule has 1 amide bonds. The van der Waals surface area contributed by atoms with Crippen LogP contribution in [0.2, 0.25) is 0 Å². The van der Waals surface area contributed by atoms with Crippen LogP contribution in [0.4, 0.5) is 10.5 Å². The molecule has 3 aromatic carbocycles. The number of benzene rings is 3. The molecule has 30 heavy (non-hydrogen) atoms. The van der Waals surface area contributed by atoms with E-state index in [2.05, 4.69) is 0 Å². The summed E-state index contributed by atoms with van der Waals surface area (Å²) >= 11 is 0. The lowest BCUT2D eigenvalue weighted by Crippen LogP contribution is -2.43. The van der Waals surface area contributed by atoms with Crippen molar-refractivity contribution in [3.63, 3.8) is 0 Å². The largest absolute Gasteiger partial charge is 0.423 e. The number of hydrogen-bond acceptors (Lipinski definition) is 5. The standard InChI is InChI=1S/C24H26N2O4/c1-15(2)26(16(3)4)24(28)30-19-11-9-18(10-12-19)23(27)29-20-13-8-17-6-5-7-22(25)21(17)14-20/h5-16H,25H2,1-4H3. The molecule has 0 aliphatic heterocycles. The molecule has 0 aliphatic rings. The van der Waals surface area contributed by atoms with Gasteiger partial charge in [0.05, 0.1) is 5.56 Å². The first-order valence-electron chi connectivity index (χ1n) is 9.87. The molecule has 0 fully saturated rings. The second-order valence-electron chi connectivity index (χ2n) is 7.61. The van der Waals surface area contributed by atoms with Gasteiger partial charge in [0.25, 0.3) is 0 Å². The van der Waals surface area contributed by atoms with E-state index in [9.17, 15) is 9.59 Å². The van der Waals surface area contributed by atoms with Crippen molar-refractivity contribution in [2.45, 2.75) is 39.8 Å². The maximum absolute atomic E-state index is 12.5. The molecule has 6 heteroatoms. The first kappa shape index (κ1) is 21.2. The molecule has 6 nitrogen and oxygen atoms in total. The maximum atomic E-state index is 12.5. The van der Waals surface area contributed by atoms with E-state index in [1.807, 2.05) is 45.9 Å². The summed E-state index contributed by atoms with van der Waals surface area (Å²) in [6.45, 7) is 7.73. The average molecular weight is 406 g/mol. The Hall–Kier alpha value is -3.54. The number of rotatable bonds is 5. The number of ether oxygens (including phenoxy) is 2. The Morgan fingerprint density at radius 3 is 2.10 bits per heavy atom. The van der Waals surface area contributed by atoms with Crippen molar-refractivity contribution in [3.8, 4) is 11.5 Å². The fourth-order valence-corrected chi connectivity index (χ4v) is 3.34. The number of anilines is 1. The molecule has 156 valence electrons. The smallest absolute Gasteiger partial charge is 0.415 e. The SMILES string of the molecule is CC(C)N(C(=O)Oc1ccc(C(=O)Oc2ccc3cccc(N)c3c2)cc1)C(C)C. The van der Waals surface area contributed by atoms with Gasteiger partial charge in [0.1, 0.15) is 11.5 Å². The van der Waals surface area contributed by atoms with Crippen LogP contribution < -0.4 is 15.2 Å². The van der Waals surface area contributed by atoms with Crippen molar-refractivity contribution >= 4 is 28.5 Å². The molecule has 0 saturated heterocycles. The zero-order valence-corrected chi connectivity index (χ0v) is 17.6. The number of esters is 1. The van der Waals surface area contributed by atoms with E-state index in [4.69, 9.17) is 15.2 Å². The molecule has 3 aromatic rings. The van der Waals surface area contributed by atoms with Crippen molar-refractivity contribution in [1.29, 1.82) is 0 Å². The Morgan fingerprint density at radius 2 is 1.47 bits per heavy atom. The summed E-state index contributed by atoms with van der Waals surface area (Å²) in [7, 11) is 0. The minimum atomic E-state index is -0.507. The Kier molecular flexibility index (Phi) is 6.26. The molecule has 0 spiro atoms. The van der Waals surface area contributed by atoms with Crippen molar-refractivity contribution in [1.82, 2.24) is 4.90 Å². The molecule has 0 heterocycles. The zero-order valence-electron chi connectivity index (χ0n) is 17.6. The number of amides is 1. The maximum Gasteiger partial charge on any atom is 0.415 e. The fourth-order valence-electron chi connectivity index (χ4n) is 3.34. The summed E-state index contributed by atoms with van der Waals surface area (Å²) in [6, 6.07) is 17.2. The number of fused-ring (bicyclic) bond motifs is 1. The lowest BCUT2D eigenvalue weighted by atomic mass is 10.1. The van der Waals surface area contributed by atoms with Crippen LogP contribution in [-0.2, 0) is 0 Å². The Balaban J connectivity index is 1.69. The van der Waals surface area contributed by atoms with Crippen molar-refractivity contribution < 1.29 is 19.1 Å².